The van der Waals surface area contributed by atoms with Gasteiger partial charge in [0.15, 0.2) is 0 Å². The second-order valence-electron chi connectivity index (χ2n) is 8.57. The van der Waals surface area contributed by atoms with Crippen LogP contribution in [0.3, 0.4) is 0 Å². The third-order valence-corrected chi connectivity index (χ3v) is 5.81. The standard InChI is InChI=1S/C19H29N3/c1-19(2,3)14-5-7-15(8-6-14)21-12-16-9-17(13-21)22(16)18-10-20(4)11-18/h5-8,16-18H,9-13H2,1-4H3. The summed E-state index contributed by atoms with van der Waals surface area (Å²) in [5.41, 5.74) is 3.08. The van der Waals surface area contributed by atoms with Crippen LogP contribution in [0.1, 0.15) is 32.8 Å². The van der Waals surface area contributed by atoms with E-state index in [1.807, 2.05) is 0 Å². The molecule has 4 fully saturated rings. The number of likely N-dealkylation sites (tertiary alicyclic amines) is 1. The number of anilines is 1. The third kappa shape index (κ3) is 2.35. The Balaban J connectivity index is 1.42. The quantitative estimate of drug-likeness (QED) is 0.831. The molecule has 0 N–H and O–H groups in total. The zero-order chi connectivity index (χ0) is 15.5. The summed E-state index contributed by atoms with van der Waals surface area (Å²) in [7, 11) is 2.23. The van der Waals surface area contributed by atoms with Crippen molar-refractivity contribution in [2.75, 3.05) is 38.1 Å². The molecular formula is C19H29N3. The molecule has 2 atom stereocenters. The van der Waals surface area contributed by atoms with Gasteiger partial charge in [-0.05, 0) is 36.6 Å². The first-order chi connectivity index (χ1) is 10.4. The van der Waals surface area contributed by atoms with Gasteiger partial charge in [-0.15, -0.1) is 0 Å². The summed E-state index contributed by atoms with van der Waals surface area (Å²) >= 11 is 0. The van der Waals surface area contributed by atoms with Gasteiger partial charge in [-0.1, -0.05) is 32.9 Å². The summed E-state index contributed by atoms with van der Waals surface area (Å²) in [4.78, 5) is 7.84. The van der Waals surface area contributed by atoms with Crippen LogP contribution in [0.25, 0.3) is 0 Å². The van der Waals surface area contributed by atoms with Crippen molar-refractivity contribution in [3.8, 4) is 0 Å². The van der Waals surface area contributed by atoms with Crippen LogP contribution in [0.15, 0.2) is 24.3 Å². The SMILES string of the molecule is CN1CC(N2C3CC2CN(c2ccc(C(C)(C)C)cc2)C3)C1. The summed E-state index contributed by atoms with van der Waals surface area (Å²) in [5, 5.41) is 0. The first-order valence-electron chi connectivity index (χ1n) is 8.73. The van der Waals surface area contributed by atoms with E-state index in [9.17, 15) is 0 Å². The highest BCUT2D eigenvalue weighted by atomic mass is 15.4. The average molecular weight is 299 g/mol. The number of piperazine rings is 1. The van der Waals surface area contributed by atoms with E-state index in [0.717, 1.165) is 18.1 Å². The van der Waals surface area contributed by atoms with E-state index in [0.29, 0.717) is 0 Å². The van der Waals surface area contributed by atoms with Crippen LogP contribution in [0.5, 0.6) is 0 Å². The van der Waals surface area contributed by atoms with Crippen molar-refractivity contribution in [3.63, 3.8) is 0 Å². The van der Waals surface area contributed by atoms with Gasteiger partial charge in [-0.25, -0.2) is 0 Å². The average Bonchev–Trinajstić information content (AvgIpc) is 2.45. The Kier molecular flexibility index (Phi) is 3.28. The number of likely N-dealkylation sites (N-methyl/N-ethyl adjacent to an activating group) is 1. The molecule has 0 aliphatic carbocycles. The van der Waals surface area contributed by atoms with E-state index < -0.39 is 0 Å². The molecule has 0 radical (unpaired) electrons. The molecule has 0 aromatic heterocycles. The summed E-state index contributed by atoms with van der Waals surface area (Å²) in [6.45, 7) is 11.8. The lowest BCUT2D eigenvalue weighted by molar-refractivity contribution is -0.0853. The normalized spacial score (nSPS) is 30.1. The van der Waals surface area contributed by atoms with Crippen LogP contribution in [-0.4, -0.2) is 61.2 Å². The number of benzene rings is 1. The second kappa shape index (κ2) is 4.97. The van der Waals surface area contributed by atoms with Gasteiger partial charge in [0.2, 0.25) is 0 Å². The molecule has 3 nitrogen and oxygen atoms in total. The molecule has 5 rings (SSSR count). The van der Waals surface area contributed by atoms with Crippen LogP contribution in [0, 0.1) is 0 Å². The van der Waals surface area contributed by atoms with Gasteiger partial charge in [-0.2, -0.15) is 0 Å². The maximum atomic E-state index is 2.81. The molecule has 1 aromatic rings. The Morgan fingerprint density at radius 1 is 0.864 bits per heavy atom. The number of piperidine rings is 1. The predicted octanol–water partition coefficient (Wildman–Crippen LogP) is 2.56. The summed E-state index contributed by atoms with van der Waals surface area (Å²) < 4.78 is 0. The van der Waals surface area contributed by atoms with Crippen molar-refractivity contribution in [1.82, 2.24) is 9.80 Å². The van der Waals surface area contributed by atoms with E-state index >= 15 is 0 Å². The van der Waals surface area contributed by atoms with Gasteiger partial charge in [0.05, 0.1) is 0 Å². The summed E-state index contributed by atoms with van der Waals surface area (Å²) in [5.74, 6) is 0. The van der Waals surface area contributed by atoms with Crippen LogP contribution in [0.4, 0.5) is 5.69 Å². The Labute approximate surface area is 134 Å². The Bertz CT molecular complexity index is 527. The van der Waals surface area contributed by atoms with Gasteiger partial charge in [-0.3, -0.25) is 4.90 Å². The minimum absolute atomic E-state index is 0.246. The first-order valence-corrected chi connectivity index (χ1v) is 8.73. The Morgan fingerprint density at radius 3 is 1.95 bits per heavy atom. The van der Waals surface area contributed by atoms with Crippen LogP contribution >= 0.6 is 0 Å². The van der Waals surface area contributed by atoms with Gasteiger partial charge >= 0.3 is 0 Å². The highest BCUT2D eigenvalue weighted by Gasteiger charge is 2.49. The van der Waals surface area contributed by atoms with Crippen molar-refractivity contribution >= 4 is 5.69 Å². The fourth-order valence-corrected chi connectivity index (χ4v) is 4.47. The minimum atomic E-state index is 0.246. The van der Waals surface area contributed by atoms with Crippen LogP contribution in [-0.2, 0) is 5.41 Å². The smallest absolute Gasteiger partial charge is 0.0367 e. The fourth-order valence-electron chi connectivity index (χ4n) is 4.47. The van der Waals surface area contributed by atoms with Gasteiger partial charge < -0.3 is 9.80 Å². The lowest BCUT2D eigenvalue weighted by Crippen LogP contribution is -2.76. The molecule has 3 heteroatoms. The van der Waals surface area contributed by atoms with Crippen molar-refractivity contribution in [2.45, 2.75) is 50.7 Å². The molecule has 2 bridgehead atoms. The molecule has 0 amide bonds. The third-order valence-electron chi connectivity index (χ3n) is 5.81. The maximum absolute atomic E-state index is 2.81. The van der Waals surface area contributed by atoms with Crippen molar-refractivity contribution in [3.05, 3.63) is 29.8 Å². The van der Waals surface area contributed by atoms with Crippen molar-refractivity contribution in [2.24, 2.45) is 0 Å². The van der Waals surface area contributed by atoms with E-state index in [2.05, 4.69) is 66.8 Å². The number of nitrogens with zero attached hydrogens (tertiary/aromatic N) is 3. The molecule has 4 saturated heterocycles. The number of fused-ring (bicyclic) bond motifs is 2. The van der Waals surface area contributed by atoms with Crippen LogP contribution in [0.2, 0.25) is 0 Å². The van der Waals surface area contributed by atoms with Gasteiger partial charge in [0.1, 0.15) is 0 Å². The maximum Gasteiger partial charge on any atom is 0.0367 e. The monoisotopic (exact) mass is 299 g/mol. The summed E-state index contributed by atoms with van der Waals surface area (Å²) in [6.07, 6.45) is 1.41. The van der Waals surface area contributed by atoms with Gasteiger partial charge in [0.25, 0.3) is 0 Å². The van der Waals surface area contributed by atoms with Crippen molar-refractivity contribution in [1.29, 1.82) is 0 Å². The fraction of sp³-hybridized carbons (Fsp3) is 0.684. The second-order valence-corrected chi connectivity index (χ2v) is 8.57. The molecule has 0 spiro atoms. The largest absolute Gasteiger partial charge is 0.368 e. The molecule has 4 aliphatic heterocycles. The molecule has 0 saturated carbocycles. The molecule has 120 valence electrons. The lowest BCUT2D eigenvalue weighted by Gasteiger charge is -2.62. The zero-order valence-corrected chi connectivity index (χ0v) is 14.4. The molecular weight excluding hydrogens is 270 g/mol. The molecule has 2 unspecified atom stereocenters. The van der Waals surface area contributed by atoms with Gasteiger partial charge in [0, 0.05) is 50.0 Å². The van der Waals surface area contributed by atoms with E-state index in [4.69, 9.17) is 0 Å². The number of hydrogen-bond acceptors (Lipinski definition) is 3. The molecule has 4 heterocycles. The Morgan fingerprint density at radius 2 is 1.45 bits per heavy atom. The first kappa shape index (κ1) is 14.5. The van der Waals surface area contributed by atoms with E-state index in [1.54, 1.807) is 0 Å². The highest BCUT2D eigenvalue weighted by Crippen LogP contribution is 2.38. The molecule has 4 aliphatic rings. The molecule has 22 heavy (non-hydrogen) atoms. The zero-order valence-electron chi connectivity index (χ0n) is 14.4. The lowest BCUT2D eigenvalue weighted by atomic mass is 9.83. The predicted molar refractivity (Wildman–Crippen MR) is 92.7 cm³/mol. The minimum Gasteiger partial charge on any atom is -0.368 e. The van der Waals surface area contributed by atoms with Crippen LogP contribution < -0.4 is 4.90 Å². The van der Waals surface area contributed by atoms with E-state index in [1.165, 1.54) is 43.9 Å². The topological polar surface area (TPSA) is 9.72 Å². The van der Waals surface area contributed by atoms with Crippen molar-refractivity contribution < 1.29 is 0 Å². The van der Waals surface area contributed by atoms with E-state index in [-0.39, 0.29) is 5.41 Å². The summed E-state index contributed by atoms with van der Waals surface area (Å²) in [6, 6.07) is 11.7. The number of hydrogen-bond donors (Lipinski definition) is 0. The Hall–Kier alpha value is -1.06. The highest BCUT2D eigenvalue weighted by molar-refractivity contribution is 5.50. The number of rotatable bonds is 2. The molecule has 1 aromatic carbocycles.